The van der Waals surface area contributed by atoms with Crippen molar-refractivity contribution in [1.82, 2.24) is 4.98 Å². The molecular formula is C27H24Cl2N2O2S. The summed E-state index contributed by atoms with van der Waals surface area (Å²) in [5, 5.41) is 4.46. The van der Waals surface area contributed by atoms with Gasteiger partial charge in [-0.05, 0) is 60.7 Å². The standard InChI is InChI=1S/C27H24Cl2N2O2S/c28-19-14-21(27-30-23-8-4-5-9-24(23)34-27)26(22(29)15-19)31-25(32)16-33-20-12-10-18(11-13-20)17-6-2-1-3-7-17/h4-5,8-15,17H,1-3,6-7,16H2,(H,31,32). The van der Waals surface area contributed by atoms with Crippen LogP contribution in [-0.4, -0.2) is 17.5 Å². The van der Waals surface area contributed by atoms with Crippen molar-refractivity contribution in [2.45, 2.75) is 38.0 Å². The van der Waals surface area contributed by atoms with Crippen molar-refractivity contribution in [3.63, 3.8) is 0 Å². The summed E-state index contributed by atoms with van der Waals surface area (Å²) in [6.07, 6.45) is 6.44. The van der Waals surface area contributed by atoms with Crippen LogP contribution in [0.25, 0.3) is 20.8 Å². The van der Waals surface area contributed by atoms with Gasteiger partial charge in [-0.1, -0.05) is 66.7 Å². The third kappa shape index (κ3) is 5.22. The molecule has 1 heterocycles. The summed E-state index contributed by atoms with van der Waals surface area (Å²) >= 11 is 14.3. The molecule has 5 rings (SSSR count). The molecule has 0 atom stereocenters. The molecule has 1 aromatic heterocycles. The second-order valence-electron chi connectivity index (χ2n) is 8.54. The number of hydrogen-bond acceptors (Lipinski definition) is 4. The lowest BCUT2D eigenvalue weighted by molar-refractivity contribution is -0.118. The molecule has 0 radical (unpaired) electrons. The van der Waals surface area contributed by atoms with Crippen molar-refractivity contribution in [3.05, 3.63) is 76.3 Å². The van der Waals surface area contributed by atoms with E-state index in [9.17, 15) is 4.79 Å². The number of anilines is 1. The monoisotopic (exact) mass is 510 g/mol. The van der Waals surface area contributed by atoms with Crippen molar-refractivity contribution in [3.8, 4) is 16.3 Å². The Morgan fingerprint density at radius 2 is 1.79 bits per heavy atom. The number of carbonyl (C=O) groups is 1. The summed E-state index contributed by atoms with van der Waals surface area (Å²) in [6, 6.07) is 19.4. The lowest BCUT2D eigenvalue weighted by atomic mass is 9.84. The van der Waals surface area contributed by atoms with Crippen molar-refractivity contribution in [1.29, 1.82) is 0 Å². The van der Waals surface area contributed by atoms with Gasteiger partial charge in [0.15, 0.2) is 6.61 Å². The van der Waals surface area contributed by atoms with E-state index < -0.39 is 0 Å². The van der Waals surface area contributed by atoms with Gasteiger partial charge in [-0.3, -0.25) is 4.79 Å². The Hall–Kier alpha value is -2.60. The van der Waals surface area contributed by atoms with E-state index >= 15 is 0 Å². The quantitative estimate of drug-likeness (QED) is 0.283. The summed E-state index contributed by atoms with van der Waals surface area (Å²) < 4.78 is 6.79. The van der Waals surface area contributed by atoms with Crippen LogP contribution in [0.2, 0.25) is 10.0 Å². The predicted octanol–water partition coefficient (Wildman–Crippen LogP) is 8.34. The molecule has 0 unspecified atom stereocenters. The van der Waals surface area contributed by atoms with Gasteiger partial charge in [0.2, 0.25) is 0 Å². The number of carbonyl (C=O) groups excluding carboxylic acids is 1. The minimum atomic E-state index is -0.303. The highest BCUT2D eigenvalue weighted by molar-refractivity contribution is 7.21. The van der Waals surface area contributed by atoms with E-state index in [1.807, 2.05) is 36.4 Å². The minimum Gasteiger partial charge on any atom is -0.484 e. The summed E-state index contributed by atoms with van der Waals surface area (Å²) in [6.45, 7) is -0.124. The zero-order valence-corrected chi connectivity index (χ0v) is 20.8. The molecule has 174 valence electrons. The van der Waals surface area contributed by atoms with E-state index in [-0.39, 0.29) is 12.5 Å². The van der Waals surface area contributed by atoms with Crippen LogP contribution in [0.15, 0.2) is 60.7 Å². The van der Waals surface area contributed by atoms with Crippen molar-refractivity contribution in [2.75, 3.05) is 11.9 Å². The van der Waals surface area contributed by atoms with Crippen LogP contribution < -0.4 is 10.1 Å². The van der Waals surface area contributed by atoms with Crippen LogP contribution in [0.5, 0.6) is 5.75 Å². The number of nitrogens with zero attached hydrogens (tertiary/aromatic N) is 1. The van der Waals surface area contributed by atoms with Crippen molar-refractivity contribution in [2.24, 2.45) is 0 Å². The maximum atomic E-state index is 12.7. The van der Waals surface area contributed by atoms with Gasteiger partial charge in [0, 0.05) is 10.6 Å². The van der Waals surface area contributed by atoms with E-state index in [1.54, 1.807) is 12.1 Å². The third-order valence-corrected chi connectivity index (χ3v) is 7.76. The second-order valence-corrected chi connectivity index (χ2v) is 10.4. The van der Waals surface area contributed by atoms with E-state index in [4.69, 9.17) is 32.9 Å². The molecule has 7 heteroatoms. The van der Waals surface area contributed by atoms with E-state index in [1.165, 1.54) is 49.0 Å². The van der Waals surface area contributed by atoms with Gasteiger partial charge in [-0.15, -0.1) is 11.3 Å². The van der Waals surface area contributed by atoms with Crippen LogP contribution in [-0.2, 0) is 4.79 Å². The Balaban J connectivity index is 1.29. The summed E-state index contributed by atoms with van der Waals surface area (Å²) in [4.78, 5) is 17.4. The molecule has 4 aromatic rings. The second kappa shape index (κ2) is 10.3. The average molecular weight is 511 g/mol. The fraction of sp³-hybridized carbons (Fsp3) is 0.259. The first-order chi connectivity index (χ1) is 16.6. The zero-order chi connectivity index (χ0) is 23.5. The van der Waals surface area contributed by atoms with Crippen molar-refractivity contribution >= 4 is 56.3 Å². The van der Waals surface area contributed by atoms with Crippen LogP contribution in [0, 0.1) is 0 Å². The molecule has 0 saturated heterocycles. The Morgan fingerprint density at radius 3 is 2.56 bits per heavy atom. The lowest BCUT2D eigenvalue weighted by Gasteiger charge is -2.22. The summed E-state index contributed by atoms with van der Waals surface area (Å²) in [5.41, 5.74) is 3.40. The molecule has 1 fully saturated rings. The molecule has 34 heavy (non-hydrogen) atoms. The molecule has 1 saturated carbocycles. The van der Waals surface area contributed by atoms with Crippen LogP contribution in [0.4, 0.5) is 5.69 Å². The molecule has 0 aliphatic heterocycles. The highest BCUT2D eigenvalue weighted by atomic mass is 35.5. The maximum absolute atomic E-state index is 12.7. The zero-order valence-electron chi connectivity index (χ0n) is 18.5. The molecule has 1 aliphatic carbocycles. The Bertz CT molecular complexity index is 1280. The number of fused-ring (bicyclic) bond motifs is 1. The Labute approximate surface area is 212 Å². The molecule has 4 nitrogen and oxygen atoms in total. The number of thiazole rings is 1. The van der Waals surface area contributed by atoms with Gasteiger partial charge in [-0.25, -0.2) is 4.98 Å². The molecule has 1 N–H and O–H groups in total. The SMILES string of the molecule is O=C(COc1ccc(C2CCCCC2)cc1)Nc1c(Cl)cc(Cl)cc1-c1nc2ccccc2s1. The van der Waals surface area contributed by atoms with Gasteiger partial charge in [0.1, 0.15) is 10.8 Å². The van der Waals surface area contributed by atoms with Gasteiger partial charge >= 0.3 is 0 Å². The number of hydrogen-bond donors (Lipinski definition) is 1. The van der Waals surface area contributed by atoms with E-state index in [0.29, 0.717) is 33.0 Å². The molecule has 3 aromatic carbocycles. The molecule has 1 aliphatic rings. The smallest absolute Gasteiger partial charge is 0.262 e. The predicted molar refractivity (Wildman–Crippen MR) is 141 cm³/mol. The van der Waals surface area contributed by atoms with Crippen LogP contribution in [0.1, 0.15) is 43.6 Å². The fourth-order valence-corrected chi connectivity index (χ4v) is 5.98. The molecule has 0 spiro atoms. The normalized spacial score (nSPS) is 14.3. The Kier molecular flexibility index (Phi) is 7.05. The largest absolute Gasteiger partial charge is 0.484 e. The molecule has 0 bridgehead atoms. The summed E-state index contributed by atoms with van der Waals surface area (Å²) in [5.74, 6) is 1.00. The van der Waals surface area contributed by atoms with Gasteiger partial charge in [-0.2, -0.15) is 0 Å². The molecular weight excluding hydrogens is 487 g/mol. The number of benzene rings is 3. The van der Waals surface area contributed by atoms with Crippen LogP contribution in [0.3, 0.4) is 0 Å². The van der Waals surface area contributed by atoms with E-state index in [2.05, 4.69) is 17.4 Å². The van der Waals surface area contributed by atoms with Gasteiger partial charge in [0.05, 0.1) is 20.9 Å². The number of ether oxygens (including phenoxy) is 1. The topological polar surface area (TPSA) is 51.2 Å². The highest BCUT2D eigenvalue weighted by Gasteiger charge is 2.18. The minimum absolute atomic E-state index is 0.124. The number of nitrogens with one attached hydrogen (secondary N) is 1. The van der Waals surface area contributed by atoms with Gasteiger partial charge in [0.25, 0.3) is 5.91 Å². The number of aromatic nitrogens is 1. The third-order valence-electron chi connectivity index (χ3n) is 6.17. The molecule has 1 amide bonds. The summed E-state index contributed by atoms with van der Waals surface area (Å²) in [7, 11) is 0. The highest BCUT2D eigenvalue weighted by Crippen LogP contribution is 2.40. The van der Waals surface area contributed by atoms with E-state index in [0.717, 1.165) is 15.2 Å². The average Bonchev–Trinajstić information content (AvgIpc) is 3.29. The number of rotatable bonds is 6. The lowest BCUT2D eigenvalue weighted by Crippen LogP contribution is -2.20. The maximum Gasteiger partial charge on any atom is 0.262 e. The number of amides is 1. The first-order valence-electron chi connectivity index (χ1n) is 11.4. The van der Waals surface area contributed by atoms with Crippen molar-refractivity contribution < 1.29 is 9.53 Å². The fourth-order valence-electron chi connectivity index (χ4n) is 4.45. The van der Waals surface area contributed by atoms with Gasteiger partial charge < -0.3 is 10.1 Å². The first-order valence-corrected chi connectivity index (χ1v) is 13.0. The first kappa shape index (κ1) is 23.2. The van der Waals surface area contributed by atoms with Crippen LogP contribution >= 0.6 is 34.5 Å². The Morgan fingerprint density at radius 1 is 1.03 bits per heavy atom. The number of halogens is 2. The number of para-hydroxylation sites is 1.